The van der Waals surface area contributed by atoms with Crippen molar-refractivity contribution in [2.75, 3.05) is 37.8 Å². The molecule has 6 nitrogen and oxygen atoms in total. The number of nitrogens with two attached hydrogens (primary N) is 1. The van der Waals surface area contributed by atoms with Gasteiger partial charge in [-0.3, -0.25) is 0 Å². The molecule has 3 rings (SSSR count). The second-order valence-electron chi connectivity index (χ2n) is 6.44. The number of rotatable bonds is 4. The van der Waals surface area contributed by atoms with Crippen LogP contribution in [0.1, 0.15) is 28.7 Å². The molecule has 0 saturated carbocycles. The lowest BCUT2D eigenvalue weighted by atomic mass is 10.0. The van der Waals surface area contributed by atoms with Gasteiger partial charge in [0, 0.05) is 25.2 Å². The molecule has 0 radical (unpaired) electrons. The molecule has 2 aromatic rings. The summed E-state index contributed by atoms with van der Waals surface area (Å²) >= 11 is 0. The summed E-state index contributed by atoms with van der Waals surface area (Å²) < 4.78 is 20.2. The highest BCUT2D eigenvalue weighted by atomic mass is 19.1. The van der Waals surface area contributed by atoms with Crippen LogP contribution < -0.4 is 11.1 Å². The molecule has 0 spiro atoms. The Hall–Kier alpha value is -2.25. The summed E-state index contributed by atoms with van der Waals surface area (Å²) in [6.07, 6.45) is -0.0851. The Kier molecular flexibility index (Phi) is 5.15. The van der Waals surface area contributed by atoms with Gasteiger partial charge in [-0.15, -0.1) is 0 Å². The molecule has 25 heavy (non-hydrogen) atoms. The van der Waals surface area contributed by atoms with Gasteiger partial charge in [0.05, 0.1) is 24.1 Å². The van der Waals surface area contributed by atoms with E-state index in [-0.39, 0.29) is 11.9 Å². The van der Waals surface area contributed by atoms with Gasteiger partial charge in [0.1, 0.15) is 11.6 Å². The zero-order chi connectivity index (χ0) is 18.0. The predicted octanol–water partition coefficient (Wildman–Crippen LogP) is 2.43. The third kappa shape index (κ3) is 4.05. The monoisotopic (exact) mass is 345 g/mol. The second kappa shape index (κ2) is 7.33. The maximum absolute atomic E-state index is 14.5. The zero-order valence-corrected chi connectivity index (χ0v) is 14.8. The number of halogens is 1. The molecule has 0 bridgehead atoms. The SMILES string of the molecule is Cc1nc(C)c(N)c(NCc2ccc(C3CN(C)CCO3)cc2F)n1. The number of nitrogens with one attached hydrogen (secondary N) is 1. The number of aryl methyl sites for hydroxylation is 2. The summed E-state index contributed by atoms with van der Waals surface area (Å²) in [5.74, 6) is 0.900. The summed E-state index contributed by atoms with van der Waals surface area (Å²) in [7, 11) is 2.04. The van der Waals surface area contributed by atoms with E-state index in [4.69, 9.17) is 10.5 Å². The van der Waals surface area contributed by atoms with Crippen molar-refractivity contribution in [1.29, 1.82) is 0 Å². The highest BCUT2D eigenvalue weighted by Crippen LogP contribution is 2.24. The van der Waals surface area contributed by atoms with Crippen molar-refractivity contribution < 1.29 is 9.13 Å². The molecule has 1 fully saturated rings. The van der Waals surface area contributed by atoms with Crippen LogP contribution in [0.4, 0.5) is 15.9 Å². The van der Waals surface area contributed by atoms with Gasteiger partial charge in [-0.05, 0) is 32.5 Å². The van der Waals surface area contributed by atoms with Gasteiger partial charge in [-0.25, -0.2) is 14.4 Å². The van der Waals surface area contributed by atoms with Crippen LogP contribution in [0.15, 0.2) is 18.2 Å². The third-order valence-electron chi connectivity index (χ3n) is 4.41. The van der Waals surface area contributed by atoms with Crippen LogP contribution in [0.3, 0.4) is 0 Å². The van der Waals surface area contributed by atoms with Crippen LogP contribution in [0.2, 0.25) is 0 Å². The zero-order valence-electron chi connectivity index (χ0n) is 14.8. The quantitative estimate of drug-likeness (QED) is 0.886. The number of nitrogen functional groups attached to an aromatic ring is 1. The van der Waals surface area contributed by atoms with Crippen molar-refractivity contribution >= 4 is 11.5 Å². The molecule has 1 aliphatic heterocycles. The number of ether oxygens (including phenoxy) is 1. The Labute approximate surface area is 147 Å². The first kappa shape index (κ1) is 17.6. The van der Waals surface area contributed by atoms with E-state index >= 15 is 0 Å². The summed E-state index contributed by atoms with van der Waals surface area (Å²) in [6, 6.07) is 5.26. The molecule has 1 aromatic heterocycles. The Balaban J connectivity index is 1.72. The fraction of sp³-hybridized carbons (Fsp3) is 0.444. The number of hydrogen-bond acceptors (Lipinski definition) is 6. The maximum atomic E-state index is 14.5. The molecule has 0 aliphatic carbocycles. The van der Waals surface area contributed by atoms with Gasteiger partial charge in [-0.2, -0.15) is 0 Å². The van der Waals surface area contributed by atoms with E-state index in [0.29, 0.717) is 41.7 Å². The fourth-order valence-electron chi connectivity index (χ4n) is 2.92. The van der Waals surface area contributed by atoms with Gasteiger partial charge < -0.3 is 20.7 Å². The van der Waals surface area contributed by atoms with Crippen molar-refractivity contribution in [1.82, 2.24) is 14.9 Å². The normalized spacial score (nSPS) is 18.3. The Morgan fingerprint density at radius 2 is 2.16 bits per heavy atom. The number of anilines is 2. The van der Waals surface area contributed by atoms with Crippen molar-refractivity contribution in [3.05, 3.63) is 46.7 Å². The van der Waals surface area contributed by atoms with Gasteiger partial charge in [0.15, 0.2) is 5.82 Å². The van der Waals surface area contributed by atoms with Gasteiger partial charge in [-0.1, -0.05) is 12.1 Å². The lowest BCUT2D eigenvalue weighted by molar-refractivity contribution is -0.0210. The maximum Gasteiger partial charge on any atom is 0.153 e. The minimum atomic E-state index is -0.261. The van der Waals surface area contributed by atoms with E-state index in [9.17, 15) is 4.39 Å². The molecule has 1 aromatic carbocycles. The van der Waals surface area contributed by atoms with Gasteiger partial charge >= 0.3 is 0 Å². The van der Waals surface area contributed by atoms with Crippen LogP contribution in [0, 0.1) is 19.7 Å². The van der Waals surface area contributed by atoms with Crippen LogP contribution in [0.5, 0.6) is 0 Å². The van der Waals surface area contributed by atoms with E-state index in [1.807, 2.05) is 20.0 Å². The molecular weight excluding hydrogens is 321 g/mol. The number of morpholine rings is 1. The third-order valence-corrected chi connectivity index (χ3v) is 4.41. The number of nitrogens with zero attached hydrogens (tertiary/aromatic N) is 3. The first-order valence-electron chi connectivity index (χ1n) is 8.37. The largest absolute Gasteiger partial charge is 0.394 e. The molecule has 3 N–H and O–H groups in total. The summed E-state index contributed by atoms with van der Waals surface area (Å²) in [6.45, 7) is 6.27. The van der Waals surface area contributed by atoms with Crippen LogP contribution in [-0.4, -0.2) is 41.6 Å². The molecule has 0 amide bonds. The summed E-state index contributed by atoms with van der Waals surface area (Å²) in [4.78, 5) is 10.7. The molecule has 1 atom stereocenters. The molecule has 134 valence electrons. The van der Waals surface area contributed by atoms with Crippen molar-refractivity contribution in [2.45, 2.75) is 26.5 Å². The van der Waals surface area contributed by atoms with Crippen molar-refractivity contribution in [2.24, 2.45) is 0 Å². The van der Waals surface area contributed by atoms with Gasteiger partial charge in [0.2, 0.25) is 0 Å². The number of likely N-dealkylation sites (N-methyl/N-ethyl adjacent to an activating group) is 1. The number of aromatic nitrogens is 2. The fourth-order valence-corrected chi connectivity index (χ4v) is 2.92. The summed E-state index contributed by atoms with van der Waals surface area (Å²) in [5, 5.41) is 3.10. The smallest absolute Gasteiger partial charge is 0.153 e. The van der Waals surface area contributed by atoms with Crippen LogP contribution >= 0.6 is 0 Å². The first-order chi connectivity index (χ1) is 11.9. The molecule has 2 heterocycles. The van der Waals surface area contributed by atoms with E-state index in [0.717, 1.165) is 18.7 Å². The van der Waals surface area contributed by atoms with Crippen molar-refractivity contribution in [3.63, 3.8) is 0 Å². The highest BCUT2D eigenvalue weighted by molar-refractivity contribution is 5.63. The molecule has 1 aliphatic rings. The first-order valence-corrected chi connectivity index (χ1v) is 8.37. The summed E-state index contributed by atoms with van der Waals surface area (Å²) in [5.41, 5.74) is 8.60. The average Bonchev–Trinajstić information content (AvgIpc) is 2.57. The lowest BCUT2D eigenvalue weighted by Gasteiger charge is -2.30. The molecule has 1 unspecified atom stereocenters. The van der Waals surface area contributed by atoms with Crippen LogP contribution in [-0.2, 0) is 11.3 Å². The van der Waals surface area contributed by atoms with Crippen molar-refractivity contribution in [3.8, 4) is 0 Å². The predicted molar refractivity (Wildman–Crippen MR) is 95.8 cm³/mol. The minimum Gasteiger partial charge on any atom is -0.394 e. The average molecular weight is 345 g/mol. The lowest BCUT2D eigenvalue weighted by Crippen LogP contribution is -2.35. The van der Waals surface area contributed by atoms with Gasteiger partial charge in [0.25, 0.3) is 0 Å². The van der Waals surface area contributed by atoms with E-state index in [1.165, 1.54) is 0 Å². The van der Waals surface area contributed by atoms with Crippen LogP contribution in [0.25, 0.3) is 0 Å². The minimum absolute atomic E-state index is 0.0851. The molecule has 1 saturated heterocycles. The Morgan fingerprint density at radius 1 is 1.36 bits per heavy atom. The Bertz CT molecular complexity index is 767. The van der Waals surface area contributed by atoms with E-state index in [1.54, 1.807) is 19.1 Å². The topological polar surface area (TPSA) is 76.3 Å². The Morgan fingerprint density at radius 3 is 2.88 bits per heavy atom. The standard InChI is InChI=1S/C18H24FN5O/c1-11-17(20)18(23-12(2)22-11)21-9-14-5-4-13(8-15(14)19)16-10-24(3)6-7-25-16/h4-5,8,16H,6-7,9-10,20H2,1-3H3,(H,21,22,23). The molecular formula is C18H24FN5O. The number of benzene rings is 1. The number of hydrogen-bond donors (Lipinski definition) is 2. The van der Waals surface area contributed by atoms with E-state index in [2.05, 4.69) is 20.2 Å². The second-order valence-corrected chi connectivity index (χ2v) is 6.44. The van der Waals surface area contributed by atoms with E-state index < -0.39 is 0 Å². The highest BCUT2D eigenvalue weighted by Gasteiger charge is 2.20. The molecule has 7 heteroatoms.